The molecule has 0 bridgehead atoms. The fourth-order valence-electron chi connectivity index (χ4n) is 3.18. The molecule has 2 saturated carbocycles. The van der Waals surface area contributed by atoms with Crippen molar-refractivity contribution in [3.05, 3.63) is 0 Å². The highest BCUT2D eigenvalue weighted by Gasteiger charge is 2.27. The molecule has 0 unspecified atom stereocenters. The van der Waals surface area contributed by atoms with E-state index in [1.54, 1.807) is 0 Å². The van der Waals surface area contributed by atoms with E-state index in [0.29, 0.717) is 6.04 Å². The van der Waals surface area contributed by atoms with Crippen LogP contribution < -0.4 is 5.73 Å². The van der Waals surface area contributed by atoms with Crippen LogP contribution in [-0.2, 0) is 0 Å². The Morgan fingerprint density at radius 2 is 1.70 bits per heavy atom. The first-order valence-electron chi connectivity index (χ1n) is 8.23. The van der Waals surface area contributed by atoms with Gasteiger partial charge in [0.25, 0.3) is 0 Å². The molecule has 2 rings (SSSR count). The van der Waals surface area contributed by atoms with Crippen molar-refractivity contribution in [1.82, 2.24) is 4.90 Å². The van der Waals surface area contributed by atoms with Crippen LogP contribution in [0.15, 0.2) is 4.99 Å². The fraction of sp³-hybridized carbons (Fsp3) is 0.938. The smallest absolute Gasteiger partial charge is 0.191 e. The number of nitrogens with zero attached hydrogens (tertiary/aromatic N) is 2. The van der Waals surface area contributed by atoms with Gasteiger partial charge in [0, 0.05) is 19.6 Å². The van der Waals surface area contributed by atoms with Gasteiger partial charge in [-0.15, -0.1) is 24.0 Å². The van der Waals surface area contributed by atoms with Crippen LogP contribution in [0.5, 0.6) is 0 Å². The highest BCUT2D eigenvalue weighted by molar-refractivity contribution is 14.0. The standard InChI is InChI=1S/C16H31N3.HI/c1-3-4-5-13-6-8-14(9-7-13)12-18-16(17)19(2)15-10-11-15;/h13-15H,3-12H2,1-2H3,(H2,17,18);1H. The molecule has 3 nitrogen and oxygen atoms in total. The zero-order chi connectivity index (χ0) is 13.7. The lowest BCUT2D eigenvalue weighted by Gasteiger charge is -2.28. The molecular weight excluding hydrogens is 361 g/mol. The molecule has 0 aromatic rings. The molecule has 2 N–H and O–H groups in total. The van der Waals surface area contributed by atoms with Crippen molar-refractivity contribution in [2.75, 3.05) is 13.6 Å². The molecule has 20 heavy (non-hydrogen) atoms. The van der Waals surface area contributed by atoms with Crippen molar-refractivity contribution in [3.8, 4) is 0 Å². The van der Waals surface area contributed by atoms with Crippen LogP contribution in [-0.4, -0.2) is 30.5 Å². The molecule has 0 radical (unpaired) electrons. The van der Waals surface area contributed by atoms with Crippen LogP contribution in [0.4, 0.5) is 0 Å². The molecule has 0 aliphatic heterocycles. The van der Waals surface area contributed by atoms with Gasteiger partial charge in [0.05, 0.1) is 0 Å². The van der Waals surface area contributed by atoms with E-state index < -0.39 is 0 Å². The molecule has 0 amide bonds. The Morgan fingerprint density at radius 1 is 1.10 bits per heavy atom. The molecule has 2 aliphatic rings. The molecule has 2 fully saturated rings. The van der Waals surface area contributed by atoms with Crippen LogP contribution in [0, 0.1) is 11.8 Å². The zero-order valence-electron chi connectivity index (χ0n) is 13.2. The van der Waals surface area contributed by atoms with Gasteiger partial charge in [0.15, 0.2) is 5.96 Å². The Labute approximate surface area is 141 Å². The molecule has 0 saturated heterocycles. The normalized spacial score (nSPS) is 27.0. The molecule has 0 heterocycles. The SMILES string of the molecule is CCCCC1CCC(CN=C(N)N(C)C2CC2)CC1.I. The van der Waals surface area contributed by atoms with Crippen molar-refractivity contribution >= 4 is 29.9 Å². The maximum atomic E-state index is 6.04. The molecule has 0 spiro atoms. The number of guanidine groups is 1. The van der Waals surface area contributed by atoms with Gasteiger partial charge in [-0.1, -0.05) is 39.0 Å². The van der Waals surface area contributed by atoms with E-state index in [1.165, 1.54) is 57.8 Å². The predicted molar refractivity (Wildman–Crippen MR) is 97.7 cm³/mol. The number of halogens is 1. The Kier molecular flexibility index (Phi) is 8.22. The largest absolute Gasteiger partial charge is 0.370 e. The van der Waals surface area contributed by atoms with Crippen LogP contribution in [0.25, 0.3) is 0 Å². The minimum atomic E-state index is 0. The van der Waals surface area contributed by atoms with E-state index in [1.807, 2.05) is 0 Å². The fourth-order valence-corrected chi connectivity index (χ4v) is 3.18. The Hall–Kier alpha value is 0. The highest BCUT2D eigenvalue weighted by Crippen LogP contribution is 2.32. The van der Waals surface area contributed by atoms with Gasteiger partial charge in [-0.3, -0.25) is 4.99 Å². The quantitative estimate of drug-likeness (QED) is 0.421. The average Bonchev–Trinajstić information content (AvgIpc) is 3.27. The molecule has 0 aromatic carbocycles. The molecular formula is C16H32IN3. The molecule has 0 aromatic heterocycles. The van der Waals surface area contributed by atoms with Gasteiger partial charge < -0.3 is 10.6 Å². The third-order valence-corrected chi connectivity index (χ3v) is 4.90. The Bertz CT molecular complexity index is 294. The van der Waals surface area contributed by atoms with Crippen LogP contribution in [0.3, 0.4) is 0 Å². The second-order valence-corrected chi connectivity index (χ2v) is 6.57. The second-order valence-electron chi connectivity index (χ2n) is 6.57. The van der Waals surface area contributed by atoms with E-state index in [0.717, 1.165) is 24.3 Å². The van der Waals surface area contributed by atoms with Crippen molar-refractivity contribution in [1.29, 1.82) is 0 Å². The Morgan fingerprint density at radius 3 is 2.25 bits per heavy atom. The first-order valence-corrected chi connectivity index (χ1v) is 8.23. The number of rotatable bonds is 6. The Balaban J connectivity index is 0.00000200. The van der Waals surface area contributed by atoms with Gasteiger partial charge in [-0.05, 0) is 37.5 Å². The lowest BCUT2D eigenvalue weighted by atomic mass is 9.80. The van der Waals surface area contributed by atoms with Crippen molar-refractivity contribution in [2.45, 2.75) is 70.8 Å². The van der Waals surface area contributed by atoms with Crippen molar-refractivity contribution in [2.24, 2.45) is 22.6 Å². The first-order chi connectivity index (χ1) is 9.20. The summed E-state index contributed by atoms with van der Waals surface area (Å²) in [5.41, 5.74) is 6.04. The maximum absolute atomic E-state index is 6.04. The number of hydrogen-bond donors (Lipinski definition) is 1. The summed E-state index contributed by atoms with van der Waals surface area (Å²) in [7, 11) is 2.08. The summed E-state index contributed by atoms with van der Waals surface area (Å²) in [4.78, 5) is 6.78. The zero-order valence-corrected chi connectivity index (χ0v) is 15.5. The van der Waals surface area contributed by atoms with Gasteiger partial charge in [-0.2, -0.15) is 0 Å². The lowest BCUT2D eigenvalue weighted by molar-refractivity contribution is 0.264. The molecule has 4 heteroatoms. The third kappa shape index (κ3) is 5.78. The van der Waals surface area contributed by atoms with E-state index in [-0.39, 0.29) is 24.0 Å². The van der Waals surface area contributed by atoms with E-state index in [2.05, 4.69) is 23.9 Å². The monoisotopic (exact) mass is 393 g/mol. The van der Waals surface area contributed by atoms with Crippen LogP contribution in [0.2, 0.25) is 0 Å². The lowest BCUT2D eigenvalue weighted by Crippen LogP contribution is -2.36. The van der Waals surface area contributed by atoms with Gasteiger partial charge in [0.2, 0.25) is 0 Å². The summed E-state index contributed by atoms with van der Waals surface area (Å²) in [5.74, 6) is 2.53. The summed E-state index contributed by atoms with van der Waals surface area (Å²) in [5, 5.41) is 0. The summed E-state index contributed by atoms with van der Waals surface area (Å²) in [6.07, 6.45) is 12.3. The molecule has 118 valence electrons. The maximum Gasteiger partial charge on any atom is 0.191 e. The summed E-state index contributed by atoms with van der Waals surface area (Å²) in [6, 6.07) is 0.675. The average molecular weight is 393 g/mol. The van der Waals surface area contributed by atoms with E-state index in [4.69, 9.17) is 5.73 Å². The number of nitrogens with two attached hydrogens (primary N) is 1. The molecule has 2 aliphatic carbocycles. The summed E-state index contributed by atoms with van der Waals surface area (Å²) >= 11 is 0. The second kappa shape index (κ2) is 9.11. The van der Waals surface area contributed by atoms with Crippen LogP contribution in [0.1, 0.15) is 64.7 Å². The van der Waals surface area contributed by atoms with Crippen LogP contribution >= 0.6 is 24.0 Å². The van der Waals surface area contributed by atoms with Gasteiger partial charge >= 0.3 is 0 Å². The highest BCUT2D eigenvalue weighted by atomic mass is 127. The minimum absolute atomic E-state index is 0. The first kappa shape index (κ1) is 18.1. The minimum Gasteiger partial charge on any atom is -0.370 e. The number of aliphatic imine (C=N–C) groups is 1. The summed E-state index contributed by atoms with van der Waals surface area (Å²) < 4.78 is 0. The van der Waals surface area contributed by atoms with Gasteiger partial charge in [0.1, 0.15) is 0 Å². The topological polar surface area (TPSA) is 41.6 Å². The number of hydrogen-bond acceptors (Lipinski definition) is 1. The number of unbranched alkanes of at least 4 members (excludes halogenated alkanes) is 1. The van der Waals surface area contributed by atoms with E-state index >= 15 is 0 Å². The van der Waals surface area contributed by atoms with Crippen molar-refractivity contribution < 1.29 is 0 Å². The van der Waals surface area contributed by atoms with Gasteiger partial charge in [-0.25, -0.2) is 0 Å². The molecule has 0 atom stereocenters. The summed E-state index contributed by atoms with van der Waals surface area (Å²) in [6.45, 7) is 3.24. The predicted octanol–water partition coefficient (Wildman–Crippen LogP) is 4.01. The third-order valence-electron chi connectivity index (χ3n) is 4.90. The van der Waals surface area contributed by atoms with E-state index in [9.17, 15) is 0 Å². The van der Waals surface area contributed by atoms with Crippen molar-refractivity contribution in [3.63, 3.8) is 0 Å².